The molecule has 0 aliphatic heterocycles. The van der Waals surface area contributed by atoms with E-state index in [9.17, 15) is 0 Å². The average molecular weight is 329 g/mol. The maximum Gasteiger partial charge on any atom is 0.112 e. The number of fused-ring (bicyclic) bond motifs is 1. The first-order valence-corrected chi connectivity index (χ1v) is 7.07. The van der Waals surface area contributed by atoms with Gasteiger partial charge in [-0.25, -0.2) is 0 Å². The minimum atomic E-state index is 0.719. The van der Waals surface area contributed by atoms with E-state index >= 15 is 0 Å². The number of nitrogens with zero attached hydrogens (tertiary/aromatic N) is 3. The lowest BCUT2D eigenvalue weighted by Gasteiger charge is -2.10. The number of aromatic nitrogens is 3. The molecule has 0 aromatic carbocycles. The maximum absolute atomic E-state index is 4.43. The SMILES string of the molecule is Cc1ccncc1CNc1ccnc2cc(Br)cnc12. The third-order valence-electron chi connectivity index (χ3n) is 3.16. The molecule has 0 saturated heterocycles. The van der Waals surface area contributed by atoms with Gasteiger partial charge in [-0.15, -0.1) is 0 Å². The Morgan fingerprint density at radius 1 is 1.15 bits per heavy atom. The third kappa shape index (κ3) is 2.63. The molecule has 20 heavy (non-hydrogen) atoms. The van der Waals surface area contributed by atoms with Crippen molar-refractivity contribution in [3.05, 3.63) is 58.6 Å². The van der Waals surface area contributed by atoms with Crippen molar-refractivity contribution in [2.24, 2.45) is 0 Å². The van der Waals surface area contributed by atoms with E-state index in [0.29, 0.717) is 0 Å². The van der Waals surface area contributed by atoms with Crippen molar-refractivity contribution in [1.29, 1.82) is 0 Å². The van der Waals surface area contributed by atoms with Crippen LogP contribution < -0.4 is 5.32 Å². The third-order valence-corrected chi connectivity index (χ3v) is 3.59. The highest BCUT2D eigenvalue weighted by Crippen LogP contribution is 2.22. The lowest BCUT2D eigenvalue weighted by atomic mass is 10.1. The second kappa shape index (κ2) is 5.54. The number of rotatable bonds is 3. The van der Waals surface area contributed by atoms with Crippen LogP contribution in [0.5, 0.6) is 0 Å². The largest absolute Gasteiger partial charge is 0.379 e. The van der Waals surface area contributed by atoms with Crippen molar-refractivity contribution in [2.45, 2.75) is 13.5 Å². The molecule has 3 rings (SSSR count). The number of nitrogens with one attached hydrogen (secondary N) is 1. The molecule has 0 aliphatic rings. The molecule has 0 unspecified atom stereocenters. The number of hydrogen-bond donors (Lipinski definition) is 1. The Kier molecular flexibility index (Phi) is 3.60. The molecular formula is C15H13BrN4. The summed E-state index contributed by atoms with van der Waals surface area (Å²) in [6.07, 6.45) is 7.26. The summed E-state index contributed by atoms with van der Waals surface area (Å²) in [6.45, 7) is 2.80. The van der Waals surface area contributed by atoms with Crippen LogP contribution in [0.2, 0.25) is 0 Å². The molecule has 3 aromatic rings. The molecule has 0 bridgehead atoms. The molecular weight excluding hydrogens is 316 g/mol. The van der Waals surface area contributed by atoms with Gasteiger partial charge in [-0.2, -0.15) is 0 Å². The average Bonchev–Trinajstić information content (AvgIpc) is 2.46. The lowest BCUT2D eigenvalue weighted by molar-refractivity contribution is 1.08. The standard InChI is InChI=1S/C15H13BrN4/c1-10-2-4-17-7-11(10)8-19-13-3-5-18-14-6-12(16)9-20-15(13)14/h2-7,9H,8H2,1H3,(H,18,19). The first-order valence-electron chi connectivity index (χ1n) is 6.27. The normalized spacial score (nSPS) is 10.7. The van der Waals surface area contributed by atoms with Gasteiger partial charge >= 0.3 is 0 Å². The molecule has 3 heterocycles. The van der Waals surface area contributed by atoms with Gasteiger partial charge in [-0.3, -0.25) is 15.0 Å². The molecule has 0 atom stereocenters. The predicted molar refractivity (Wildman–Crippen MR) is 83.5 cm³/mol. The molecule has 0 aliphatic carbocycles. The summed E-state index contributed by atoms with van der Waals surface area (Å²) in [6, 6.07) is 5.91. The van der Waals surface area contributed by atoms with Crippen LogP contribution in [0.15, 0.2) is 47.5 Å². The highest BCUT2D eigenvalue weighted by atomic mass is 79.9. The summed E-state index contributed by atoms with van der Waals surface area (Å²) in [4.78, 5) is 12.9. The summed E-state index contributed by atoms with van der Waals surface area (Å²) >= 11 is 3.41. The summed E-state index contributed by atoms with van der Waals surface area (Å²) in [5, 5.41) is 3.41. The van der Waals surface area contributed by atoms with E-state index in [4.69, 9.17) is 0 Å². The Bertz CT molecular complexity index is 758. The van der Waals surface area contributed by atoms with Crippen LogP contribution in [0.3, 0.4) is 0 Å². The quantitative estimate of drug-likeness (QED) is 0.796. The number of aryl methyl sites for hydroxylation is 1. The van der Waals surface area contributed by atoms with Gasteiger partial charge in [0.2, 0.25) is 0 Å². The van der Waals surface area contributed by atoms with Gasteiger partial charge in [0.25, 0.3) is 0 Å². The summed E-state index contributed by atoms with van der Waals surface area (Å²) in [5.74, 6) is 0. The molecule has 0 saturated carbocycles. The van der Waals surface area contributed by atoms with Crippen LogP contribution in [-0.2, 0) is 6.54 Å². The minimum Gasteiger partial charge on any atom is -0.379 e. The first kappa shape index (κ1) is 13.0. The Hall–Kier alpha value is -2.01. The number of halogens is 1. The monoisotopic (exact) mass is 328 g/mol. The van der Waals surface area contributed by atoms with Crippen LogP contribution in [0.1, 0.15) is 11.1 Å². The van der Waals surface area contributed by atoms with E-state index in [0.717, 1.165) is 27.7 Å². The Labute approximate surface area is 125 Å². The van der Waals surface area contributed by atoms with Crippen molar-refractivity contribution in [3.8, 4) is 0 Å². The van der Waals surface area contributed by atoms with Gasteiger partial charge in [0.15, 0.2) is 0 Å². The summed E-state index contributed by atoms with van der Waals surface area (Å²) in [5.41, 5.74) is 5.12. The van der Waals surface area contributed by atoms with Crippen LogP contribution in [0.25, 0.3) is 11.0 Å². The molecule has 5 heteroatoms. The van der Waals surface area contributed by atoms with E-state index in [2.05, 4.69) is 43.1 Å². The zero-order valence-corrected chi connectivity index (χ0v) is 12.6. The highest BCUT2D eigenvalue weighted by molar-refractivity contribution is 9.10. The van der Waals surface area contributed by atoms with Gasteiger partial charge in [0, 0.05) is 35.8 Å². The van der Waals surface area contributed by atoms with E-state index in [1.54, 1.807) is 18.6 Å². The van der Waals surface area contributed by atoms with E-state index in [1.165, 1.54) is 11.1 Å². The molecule has 0 fully saturated rings. The minimum absolute atomic E-state index is 0.719. The molecule has 0 spiro atoms. The van der Waals surface area contributed by atoms with Gasteiger partial charge in [0.05, 0.1) is 11.2 Å². The maximum atomic E-state index is 4.43. The first-order chi connectivity index (χ1) is 9.74. The fourth-order valence-electron chi connectivity index (χ4n) is 2.02. The van der Waals surface area contributed by atoms with Crippen LogP contribution >= 0.6 is 15.9 Å². The van der Waals surface area contributed by atoms with E-state index in [-0.39, 0.29) is 0 Å². The topological polar surface area (TPSA) is 50.7 Å². The zero-order valence-electron chi connectivity index (χ0n) is 11.0. The number of hydrogen-bond acceptors (Lipinski definition) is 4. The van der Waals surface area contributed by atoms with Crippen molar-refractivity contribution >= 4 is 32.7 Å². The summed E-state index contributed by atoms with van der Waals surface area (Å²) < 4.78 is 0.928. The fraction of sp³-hybridized carbons (Fsp3) is 0.133. The second-order valence-corrected chi connectivity index (χ2v) is 5.45. The molecule has 4 nitrogen and oxygen atoms in total. The Balaban J connectivity index is 1.90. The van der Waals surface area contributed by atoms with Gasteiger partial charge in [-0.05, 0) is 52.2 Å². The van der Waals surface area contributed by atoms with Crippen LogP contribution in [0.4, 0.5) is 5.69 Å². The van der Waals surface area contributed by atoms with Gasteiger partial charge in [0.1, 0.15) is 5.52 Å². The molecule has 1 N–H and O–H groups in total. The predicted octanol–water partition coefficient (Wildman–Crippen LogP) is 3.71. The van der Waals surface area contributed by atoms with Gasteiger partial charge in [-0.1, -0.05) is 0 Å². The molecule has 3 aromatic heterocycles. The van der Waals surface area contributed by atoms with Crippen molar-refractivity contribution in [1.82, 2.24) is 15.0 Å². The Morgan fingerprint density at radius 3 is 2.90 bits per heavy atom. The van der Waals surface area contributed by atoms with E-state index < -0.39 is 0 Å². The lowest BCUT2D eigenvalue weighted by Crippen LogP contribution is -2.03. The van der Waals surface area contributed by atoms with E-state index in [1.807, 2.05) is 24.4 Å². The van der Waals surface area contributed by atoms with Crippen LogP contribution in [-0.4, -0.2) is 15.0 Å². The Morgan fingerprint density at radius 2 is 2.05 bits per heavy atom. The highest BCUT2D eigenvalue weighted by Gasteiger charge is 2.04. The zero-order chi connectivity index (χ0) is 13.9. The summed E-state index contributed by atoms with van der Waals surface area (Å²) in [7, 11) is 0. The molecule has 0 amide bonds. The second-order valence-electron chi connectivity index (χ2n) is 4.54. The fourth-order valence-corrected chi connectivity index (χ4v) is 2.34. The molecule has 100 valence electrons. The molecule has 0 radical (unpaired) electrons. The smallest absolute Gasteiger partial charge is 0.112 e. The van der Waals surface area contributed by atoms with Crippen molar-refractivity contribution < 1.29 is 0 Å². The van der Waals surface area contributed by atoms with Crippen LogP contribution in [0, 0.1) is 6.92 Å². The van der Waals surface area contributed by atoms with Gasteiger partial charge < -0.3 is 5.32 Å². The number of pyridine rings is 3. The van der Waals surface area contributed by atoms with Crippen molar-refractivity contribution in [2.75, 3.05) is 5.32 Å². The number of anilines is 1. The van der Waals surface area contributed by atoms with Crippen molar-refractivity contribution in [3.63, 3.8) is 0 Å².